The summed E-state index contributed by atoms with van der Waals surface area (Å²) in [7, 11) is 1.58. The second-order valence-corrected chi connectivity index (χ2v) is 4.64. The van der Waals surface area contributed by atoms with Crippen LogP contribution in [-0.2, 0) is 4.79 Å². The van der Waals surface area contributed by atoms with Crippen LogP contribution < -0.4 is 14.9 Å². The zero-order chi connectivity index (χ0) is 15.8. The topological polar surface area (TPSA) is 59.9 Å². The van der Waals surface area contributed by atoms with Crippen LogP contribution in [-0.4, -0.2) is 25.8 Å². The maximum absolute atomic E-state index is 11.6. The Labute approximate surface area is 129 Å². The van der Waals surface area contributed by atoms with Crippen LogP contribution in [0.4, 0.5) is 0 Å². The van der Waals surface area contributed by atoms with Crippen LogP contribution in [0.2, 0.25) is 0 Å². The van der Waals surface area contributed by atoms with Gasteiger partial charge in [0.2, 0.25) is 0 Å². The normalized spacial score (nSPS) is 10.5. The van der Waals surface area contributed by atoms with Gasteiger partial charge in [-0.2, -0.15) is 5.10 Å². The number of rotatable bonds is 6. The van der Waals surface area contributed by atoms with Crippen LogP contribution in [0, 0.1) is 6.92 Å². The summed E-state index contributed by atoms with van der Waals surface area (Å²) in [5.41, 5.74) is 4.33. The SMILES string of the molecule is COc1ccccc1/C=N\NC(=O)COc1ccc(C)cc1. The van der Waals surface area contributed by atoms with E-state index in [0.29, 0.717) is 11.5 Å². The Bertz CT molecular complexity index is 651. The van der Waals surface area contributed by atoms with Crippen molar-refractivity contribution in [3.63, 3.8) is 0 Å². The highest BCUT2D eigenvalue weighted by Gasteiger charge is 2.02. The van der Waals surface area contributed by atoms with Crippen LogP contribution in [0.5, 0.6) is 11.5 Å². The van der Waals surface area contributed by atoms with E-state index in [-0.39, 0.29) is 12.5 Å². The molecule has 0 aliphatic carbocycles. The van der Waals surface area contributed by atoms with Crippen molar-refractivity contribution in [2.24, 2.45) is 5.10 Å². The fourth-order valence-corrected chi connectivity index (χ4v) is 1.76. The molecule has 0 fully saturated rings. The maximum atomic E-state index is 11.6. The van der Waals surface area contributed by atoms with E-state index in [2.05, 4.69) is 10.5 Å². The summed E-state index contributed by atoms with van der Waals surface area (Å²) >= 11 is 0. The van der Waals surface area contributed by atoms with E-state index in [1.54, 1.807) is 7.11 Å². The number of ether oxygens (including phenoxy) is 2. The molecule has 0 aromatic heterocycles. The number of nitrogens with one attached hydrogen (secondary N) is 1. The molecule has 0 aliphatic rings. The van der Waals surface area contributed by atoms with Gasteiger partial charge in [-0.15, -0.1) is 0 Å². The standard InChI is InChI=1S/C17H18N2O3/c1-13-7-9-15(10-8-13)22-12-17(20)19-18-11-14-5-3-4-6-16(14)21-2/h3-11H,12H2,1-2H3,(H,19,20)/b18-11-. The molecule has 2 aromatic carbocycles. The smallest absolute Gasteiger partial charge is 0.277 e. The molecular weight excluding hydrogens is 280 g/mol. The van der Waals surface area contributed by atoms with E-state index < -0.39 is 0 Å². The van der Waals surface area contributed by atoms with Crippen LogP contribution >= 0.6 is 0 Å². The number of carbonyl (C=O) groups is 1. The van der Waals surface area contributed by atoms with Gasteiger partial charge in [-0.1, -0.05) is 29.8 Å². The third-order valence-corrected chi connectivity index (χ3v) is 2.92. The third-order valence-electron chi connectivity index (χ3n) is 2.92. The van der Waals surface area contributed by atoms with Gasteiger partial charge in [0.25, 0.3) is 5.91 Å². The van der Waals surface area contributed by atoms with E-state index in [9.17, 15) is 4.79 Å². The molecule has 114 valence electrons. The molecule has 5 heteroatoms. The summed E-state index contributed by atoms with van der Waals surface area (Å²) in [4.78, 5) is 11.6. The number of methoxy groups -OCH3 is 1. The summed E-state index contributed by atoms with van der Waals surface area (Å²) in [6, 6.07) is 14.9. The van der Waals surface area contributed by atoms with Gasteiger partial charge in [0.1, 0.15) is 11.5 Å². The predicted molar refractivity (Wildman–Crippen MR) is 85.4 cm³/mol. The first kappa shape index (κ1) is 15.6. The van der Waals surface area contributed by atoms with Crippen LogP contribution in [0.3, 0.4) is 0 Å². The number of hydrazone groups is 1. The minimum atomic E-state index is -0.327. The Morgan fingerprint density at radius 3 is 2.64 bits per heavy atom. The van der Waals surface area contributed by atoms with Gasteiger partial charge in [0.15, 0.2) is 6.61 Å². The Balaban J connectivity index is 1.82. The minimum Gasteiger partial charge on any atom is -0.496 e. The molecule has 0 saturated heterocycles. The van der Waals surface area contributed by atoms with E-state index in [1.807, 2.05) is 55.5 Å². The van der Waals surface area contributed by atoms with Crippen molar-refractivity contribution in [3.8, 4) is 11.5 Å². The molecule has 5 nitrogen and oxygen atoms in total. The van der Waals surface area contributed by atoms with Gasteiger partial charge in [-0.3, -0.25) is 4.79 Å². The molecule has 2 rings (SSSR count). The Hall–Kier alpha value is -2.82. The molecule has 0 spiro atoms. The number of amides is 1. The molecule has 0 saturated carbocycles. The first-order valence-corrected chi connectivity index (χ1v) is 6.83. The molecule has 0 unspecified atom stereocenters. The van der Waals surface area contributed by atoms with Gasteiger partial charge in [0, 0.05) is 5.56 Å². The average Bonchev–Trinajstić information content (AvgIpc) is 2.55. The number of para-hydroxylation sites is 1. The predicted octanol–water partition coefficient (Wildman–Crippen LogP) is 2.53. The average molecular weight is 298 g/mol. The maximum Gasteiger partial charge on any atom is 0.277 e. The van der Waals surface area contributed by atoms with Gasteiger partial charge >= 0.3 is 0 Å². The highest BCUT2D eigenvalue weighted by Crippen LogP contribution is 2.14. The fourth-order valence-electron chi connectivity index (χ4n) is 1.76. The summed E-state index contributed by atoms with van der Waals surface area (Å²) in [6.07, 6.45) is 1.53. The molecule has 22 heavy (non-hydrogen) atoms. The lowest BCUT2D eigenvalue weighted by Gasteiger charge is -2.05. The monoisotopic (exact) mass is 298 g/mol. The first-order chi connectivity index (χ1) is 10.7. The number of nitrogens with zero attached hydrogens (tertiary/aromatic N) is 1. The highest BCUT2D eigenvalue weighted by molar-refractivity contribution is 5.85. The van der Waals surface area contributed by atoms with E-state index in [0.717, 1.165) is 11.1 Å². The zero-order valence-corrected chi connectivity index (χ0v) is 12.6. The van der Waals surface area contributed by atoms with Crippen molar-refractivity contribution in [2.75, 3.05) is 13.7 Å². The lowest BCUT2D eigenvalue weighted by atomic mass is 10.2. The second-order valence-electron chi connectivity index (χ2n) is 4.64. The molecule has 0 bridgehead atoms. The second kappa shape index (κ2) is 7.83. The number of benzene rings is 2. The number of carbonyl (C=O) groups excluding carboxylic acids is 1. The van der Waals surface area contributed by atoms with E-state index >= 15 is 0 Å². The van der Waals surface area contributed by atoms with Crippen molar-refractivity contribution < 1.29 is 14.3 Å². The molecule has 0 aliphatic heterocycles. The Kier molecular flexibility index (Phi) is 5.54. The largest absolute Gasteiger partial charge is 0.496 e. The number of hydrogen-bond acceptors (Lipinski definition) is 4. The van der Waals surface area contributed by atoms with Gasteiger partial charge in [0.05, 0.1) is 13.3 Å². The molecule has 1 amide bonds. The summed E-state index contributed by atoms with van der Waals surface area (Å²) < 4.78 is 10.5. The molecule has 0 atom stereocenters. The van der Waals surface area contributed by atoms with Gasteiger partial charge in [-0.25, -0.2) is 5.43 Å². The third kappa shape index (κ3) is 4.63. The molecular formula is C17H18N2O3. The summed E-state index contributed by atoms with van der Waals surface area (Å²) in [6.45, 7) is 1.90. The zero-order valence-electron chi connectivity index (χ0n) is 12.6. The molecule has 2 aromatic rings. The lowest BCUT2D eigenvalue weighted by molar-refractivity contribution is -0.123. The highest BCUT2D eigenvalue weighted by atomic mass is 16.5. The van der Waals surface area contributed by atoms with Crippen molar-refractivity contribution in [1.29, 1.82) is 0 Å². The fraction of sp³-hybridized carbons (Fsp3) is 0.176. The van der Waals surface area contributed by atoms with Crippen molar-refractivity contribution >= 4 is 12.1 Å². The van der Waals surface area contributed by atoms with E-state index in [4.69, 9.17) is 9.47 Å². The number of hydrogen-bond donors (Lipinski definition) is 1. The van der Waals surface area contributed by atoms with Gasteiger partial charge in [-0.05, 0) is 31.2 Å². The quantitative estimate of drug-likeness (QED) is 0.658. The minimum absolute atomic E-state index is 0.0909. The van der Waals surface area contributed by atoms with Crippen molar-refractivity contribution in [3.05, 3.63) is 59.7 Å². The van der Waals surface area contributed by atoms with Crippen LogP contribution in [0.15, 0.2) is 53.6 Å². The van der Waals surface area contributed by atoms with Crippen molar-refractivity contribution in [2.45, 2.75) is 6.92 Å². The summed E-state index contributed by atoms with van der Waals surface area (Å²) in [5.74, 6) is 1.01. The Morgan fingerprint density at radius 2 is 1.91 bits per heavy atom. The van der Waals surface area contributed by atoms with Gasteiger partial charge < -0.3 is 9.47 Å². The van der Waals surface area contributed by atoms with E-state index in [1.165, 1.54) is 6.21 Å². The van der Waals surface area contributed by atoms with Crippen LogP contribution in [0.25, 0.3) is 0 Å². The molecule has 1 N–H and O–H groups in total. The first-order valence-electron chi connectivity index (χ1n) is 6.83. The van der Waals surface area contributed by atoms with Crippen molar-refractivity contribution in [1.82, 2.24) is 5.43 Å². The molecule has 0 radical (unpaired) electrons. The van der Waals surface area contributed by atoms with Crippen LogP contribution in [0.1, 0.15) is 11.1 Å². The Morgan fingerprint density at radius 1 is 1.18 bits per heavy atom. The lowest BCUT2D eigenvalue weighted by Crippen LogP contribution is -2.24. The summed E-state index contributed by atoms with van der Waals surface area (Å²) in [5, 5.41) is 3.89. The molecule has 0 heterocycles. The number of aryl methyl sites for hydroxylation is 1.